The van der Waals surface area contributed by atoms with E-state index in [-0.39, 0.29) is 0 Å². The highest BCUT2D eigenvalue weighted by atomic mass is 35.5. The van der Waals surface area contributed by atoms with Crippen LogP contribution in [-0.4, -0.2) is 6.61 Å². The summed E-state index contributed by atoms with van der Waals surface area (Å²) in [5.41, 5.74) is 7.44. The maximum atomic E-state index is 5.84. The highest BCUT2D eigenvalue weighted by Gasteiger charge is 2.16. The fourth-order valence-electron chi connectivity index (χ4n) is 1.90. The van der Waals surface area contributed by atoms with E-state index < -0.39 is 0 Å². The van der Waals surface area contributed by atoms with Gasteiger partial charge in [0.05, 0.1) is 17.3 Å². The third kappa shape index (κ3) is 3.13. The minimum atomic E-state index is 0.609. The van der Waals surface area contributed by atoms with E-state index in [4.69, 9.17) is 22.1 Å². The summed E-state index contributed by atoms with van der Waals surface area (Å²) in [5.74, 6) is 0.912. The van der Waals surface area contributed by atoms with Crippen molar-refractivity contribution in [2.45, 2.75) is 32.3 Å². The van der Waals surface area contributed by atoms with Crippen molar-refractivity contribution in [3.8, 4) is 0 Å². The molecule has 1 fully saturated rings. The van der Waals surface area contributed by atoms with Crippen LogP contribution in [0.3, 0.4) is 0 Å². The SMILES string of the molecule is Nc1cc(COCCC2CCC2)ccc1Cl. The zero-order chi connectivity index (χ0) is 11.4. The quantitative estimate of drug-likeness (QED) is 0.629. The van der Waals surface area contributed by atoms with E-state index in [1.165, 1.54) is 25.7 Å². The van der Waals surface area contributed by atoms with Crippen LogP contribution in [0.25, 0.3) is 0 Å². The Labute approximate surface area is 102 Å². The lowest BCUT2D eigenvalue weighted by molar-refractivity contribution is 0.0950. The molecule has 0 aliphatic heterocycles. The molecule has 1 aliphatic carbocycles. The molecule has 88 valence electrons. The van der Waals surface area contributed by atoms with Gasteiger partial charge in [0.2, 0.25) is 0 Å². The number of anilines is 1. The van der Waals surface area contributed by atoms with Crippen LogP contribution in [0.4, 0.5) is 5.69 Å². The second kappa shape index (κ2) is 5.55. The molecule has 0 spiro atoms. The molecule has 0 unspecified atom stereocenters. The first-order valence-electron chi connectivity index (χ1n) is 5.87. The second-order valence-electron chi connectivity index (χ2n) is 4.49. The minimum Gasteiger partial charge on any atom is -0.398 e. The van der Waals surface area contributed by atoms with Crippen molar-refractivity contribution in [1.82, 2.24) is 0 Å². The van der Waals surface area contributed by atoms with Crippen LogP contribution in [0.1, 0.15) is 31.2 Å². The van der Waals surface area contributed by atoms with Gasteiger partial charge in [-0.1, -0.05) is 36.9 Å². The number of benzene rings is 1. The van der Waals surface area contributed by atoms with Gasteiger partial charge in [0.15, 0.2) is 0 Å². The van der Waals surface area contributed by atoms with Gasteiger partial charge in [-0.25, -0.2) is 0 Å². The van der Waals surface area contributed by atoms with Gasteiger partial charge < -0.3 is 10.5 Å². The third-order valence-electron chi connectivity index (χ3n) is 3.22. The molecule has 1 aromatic rings. The summed E-state index contributed by atoms with van der Waals surface area (Å²) in [5, 5.41) is 0.609. The highest BCUT2D eigenvalue weighted by molar-refractivity contribution is 6.33. The maximum absolute atomic E-state index is 5.84. The van der Waals surface area contributed by atoms with E-state index in [9.17, 15) is 0 Å². The molecule has 2 N–H and O–H groups in total. The Kier molecular flexibility index (Phi) is 4.08. The molecule has 1 aromatic carbocycles. The Bertz CT molecular complexity index is 350. The van der Waals surface area contributed by atoms with Crippen molar-refractivity contribution < 1.29 is 4.74 Å². The molecule has 0 aromatic heterocycles. The van der Waals surface area contributed by atoms with Gasteiger partial charge >= 0.3 is 0 Å². The number of hydrogen-bond donors (Lipinski definition) is 1. The number of nitrogen functional groups attached to an aromatic ring is 1. The number of hydrogen-bond acceptors (Lipinski definition) is 2. The van der Waals surface area contributed by atoms with Crippen LogP contribution < -0.4 is 5.73 Å². The van der Waals surface area contributed by atoms with Crippen molar-refractivity contribution in [3.05, 3.63) is 28.8 Å². The molecule has 1 aliphatic rings. The van der Waals surface area contributed by atoms with Gasteiger partial charge in [0, 0.05) is 6.61 Å². The molecule has 1 saturated carbocycles. The first kappa shape index (κ1) is 11.7. The minimum absolute atomic E-state index is 0.609. The summed E-state index contributed by atoms with van der Waals surface area (Å²) < 4.78 is 5.62. The summed E-state index contributed by atoms with van der Waals surface area (Å²) in [7, 11) is 0. The van der Waals surface area contributed by atoms with E-state index >= 15 is 0 Å². The van der Waals surface area contributed by atoms with E-state index in [1.807, 2.05) is 18.2 Å². The van der Waals surface area contributed by atoms with Crippen molar-refractivity contribution in [2.24, 2.45) is 5.92 Å². The maximum Gasteiger partial charge on any atom is 0.0717 e. The molecule has 16 heavy (non-hydrogen) atoms. The Morgan fingerprint density at radius 2 is 2.19 bits per heavy atom. The van der Waals surface area contributed by atoms with Gasteiger partial charge in [0.1, 0.15) is 0 Å². The third-order valence-corrected chi connectivity index (χ3v) is 3.57. The second-order valence-corrected chi connectivity index (χ2v) is 4.90. The fraction of sp³-hybridized carbons (Fsp3) is 0.538. The topological polar surface area (TPSA) is 35.2 Å². The molecule has 0 atom stereocenters. The average molecular weight is 240 g/mol. The molecule has 0 radical (unpaired) electrons. The molecule has 0 saturated heterocycles. The van der Waals surface area contributed by atoms with Crippen LogP contribution in [-0.2, 0) is 11.3 Å². The lowest BCUT2D eigenvalue weighted by Crippen LogP contribution is -2.13. The van der Waals surface area contributed by atoms with E-state index in [0.29, 0.717) is 17.3 Å². The van der Waals surface area contributed by atoms with E-state index in [1.54, 1.807) is 0 Å². The predicted molar refractivity (Wildman–Crippen MR) is 67.5 cm³/mol. The van der Waals surface area contributed by atoms with Gasteiger partial charge in [-0.2, -0.15) is 0 Å². The monoisotopic (exact) mass is 239 g/mol. The van der Waals surface area contributed by atoms with Gasteiger partial charge in [-0.3, -0.25) is 0 Å². The van der Waals surface area contributed by atoms with Gasteiger partial charge in [-0.15, -0.1) is 0 Å². The molecule has 0 bridgehead atoms. The largest absolute Gasteiger partial charge is 0.398 e. The van der Waals surface area contributed by atoms with Crippen molar-refractivity contribution >= 4 is 17.3 Å². The Morgan fingerprint density at radius 3 is 2.81 bits per heavy atom. The van der Waals surface area contributed by atoms with Gasteiger partial charge in [0.25, 0.3) is 0 Å². The van der Waals surface area contributed by atoms with Crippen LogP contribution in [0.2, 0.25) is 5.02 Å². The number of rotatable bonds is 5. The first-order chi connectivity index (χ1) is 7.75. The summed E-state index contributed by atoms with van der Waals surface area (Å²) in [6.45, 7) is 1.49. The summed E-state index contributed by atoms with van der Waals surface area (Å²) in [6.07, 6.45) is 5.37. The molecule has 0 amide bonds. The van der Waals surface area contributed by atoms with Gasteiger partial charge in [-0.05, 0) is 30.0 Å². The Balaban J connectivity index is 1.69. The highest BCUT2D eigenvalue weighted by Crippen LogP contribution is 2.29. The zero-order valence-corrected chi connectivity index (χ0v) is 10.2. The van der Waals surface area contributed by atoms with Crippen molar-refractivity contribution in [3.63, 3.8) is 0 Å². The fourth-order valence-corrected chi connectivity index (χ4v) is 2.02. The summed E-state index contributed by atoms with van der Waals surface area (Å²) in [6, 6.07) is 5.66. The molecular formula is C13H18ClNO. The van der Waals surface area contributed by atoms with E-state index in [2.05, 4.69) is 0 Å². The number of ether oxygens (including phenoxy) is 1. The lowest BCUT2D eigenvalue weighted by atomic mass is 9.83. The van der Waals surface area contributed by atoms with Crippen LogP contribution in [0.15, 0.2) is 18.2 Å². The Morgan fingerprint density at radius 1 is 1.38 bits per heavy atom. The smallest absolute Gasteiger partial charge is 0.0717 e. The molecule has 3 heteroatoms. The number of nitrogens with two attached hydrogens (primary N) is 1. The normalized spacial score (nSPS) is 16.1. The molecular weight excluding hydrogens is 222 g/mol. The summed E-state index contributed by atoms with van der Waals surface area (Å²) in [4.78, 5) is 0. The predicted octanol–water partition coefficient (Wildman–Crippen LogP) is 3.63. The summed E-state index contributed by atoms with van der Waals surface area (Å²) >= 11 is 5.84. The molecule has 2 nitrogen and oxygen atoms in total. The standard InChI is InChI=1S/C13H18ClNO/c14-12-5-4-11(8-13(12)15)9-16-7-6-10-2-1-3-10/h4-5,8,10H,1-3,6-7,9,15H2. The lowest BCUT2D eigenvalue weighted by Gasteiger charge is -2.24. The number of halogens is 1. The first-order valence-corrected chi connectivity index (χ1v) is 6.25. The van der Waals surface area contributed by atoms with E-state index in [0.717, 1.165) is 18.1 Å². The molecule has 0 heterocycles. The average Bonchev–Trinajstić information content (AvgIpc) is 2.20. The Hall–Kier alpha value is -0.730. The van der Waals surface area contributed by atoms with Crippen molar-refractivity contribution in [2.75, 3.05) is 12.3 Å². The van der Waals surface area contributed by atoms with Crippen molar-refractivity contribution in [1.29, 1.82) is 0 Å². The van der Waals surface area contributed by atoms with Crippen LogP contribution in [0, 0.1) is 5.92 Å². The molecule has 2 rings (SSSR count). The van der Waals surface area contributed by atoms with Crippen LogP contribution >= 0.6 is 11.6 Å². The zero-order valence-electron chi connectivity index (χ0n) is 9.42. The van der Waals surface area contributed by atoms with Crippen LogP contribution in [0.5, 0.6) is 0 Å².